The van der Waals surface area contributed by atoms with E-state index in [1.165, 1.54) is 0 Å². The maximum absolute atomic E-state index is 13.6. The van der Waals surface area contributed by atoms with Crippen molar-refractivity contribution in [1.82, 2.24) is 4.90 Å². The summed E-state index contributed by atoms with van der Waals surface area (Å²) in [6.45, 7) is 6.82. The molecule has 0 saturated carbocycles. The van der Waals surface area contributed by atoms with Gasteiger partial charge >= 0.3 is 0 Å². The van der Waals surface area contributed by atoms with E-state index in [4.69, 9.17) is 0 Å². The van der Waals surface area contributed by atoms with Crippen LogP contribution >= 0.6 is 11.3 Å². The lowest BCUT2D eigenvalue weighted by molar-refractivity contribution is -0.119. The highest BCUT2D eigenvalue weighted by atomic mass is 32.1. The number of thiophene rings is 1. The van der Waals surface area contributed by atoms with E-state index in [2.05, 4.69) is 19.2 Å². The summed E-state index contributed by atoms with van der Waals surface area (Å²) in [6, 6.07) is 19.0. The second-order valence-electron chi connectivity index (χ2n) is 8.23. The smallest absolute Gasteiger partial charge is 0.254 e. The largest absolute Gasteiger partial charge is 0.329 e. The van der Waals surface area contributed by atoms with Gasteiger partial charge in [-0.15, -0.1) is 11.3 Å². The molecular weight excluding hydrogens is 392 g/mol. The molecule has 154 valence electrons. The Balaban J connectivity index is 1.80. The van der Waals surface area contributed by atoms with E-state index >= 15 is 0 Å². The van der Waals surface area contributed by atoms with Gasteiger partial charge in [-0.25, -0.2) is 0 Å². The Kier molecular flexibility index (Phi) is 5.73. The normalized spacial score (nSPS) is 18.4. The first-order valence-corrected chi connectivity index (χ1v) is 11.1. The molecule has 0 spiro atoms. The quantitative estimate of drug-likeness (QED) is 0.584. The molecule has 2 atom stereocenters. The van der Waals surface area contributed by atoms with Crippen LogP contribution in [-0.2, 0) is 4.79 Å². The molecule has 4 nitrogen and oxygen atoms in total. The van der Waals surface area contributed by atoms with Crippen molar-refractivity contribution in [3.8, 4) is 0 Å². The van der Waals surface area contributed by atoms with Crippen molar-refractivity contribution >= 4 is 28.8 Å². The van der Waals surface area contributed by atoms with Crippen LogP contribution in [0.25, 0.3) is 0 Å². The molecule has 1 aliphatic heterocycles. The van der Waals surface area contributed by atoms with Gasteiger partial charge in [-0.1, -0.05) is 55.8 Å². The number of anilines is 1. The van der Waals surface area contributed by atoms with Gasteiger partial charge in [0, 0.05) is 22.7 Å². The number of fused-ring (bicyclic) bond motifs is 1. The highest BCUT2D eigenvalue weighted by Crippen LogP contribution is 2.44. The Hall–Kier alpha value is -2.92. The van der Waals surface area contributed by atoms with Gasteiger partial charge in [-0.05, 0) is 48.1 Å². The third-order valence-corrected chi connectivity index (χ3v) is 6.38. The summed E-state index contributed by atoms with van der Waals surface area (Å²) in [6.07, 6.45) is 0. The fourth-order valence-electron chi connectivity index (χ4n) is 4.10. The minimum atomic E-state index is -0.474. The summed E-state index contributed by atoms with van der Waals surface area (Å²) < 4.78 is 0. The fraction of sp³-hybridized carbons (Fsp3) is 0.280. The van der Waals surface area contributed by atoms with Crippen molar-refractivity contribution in [2.24, 2.45) is 5.92 Å². The van der Waals surface area contributed by atoms with Crippen molar-refractivity contribution in [2.75, 3.05) is 11.9 Å². The van der Waals surface area contributed by atoms with Gasteiger partial charge in [0.2, 0.25) is 5.91 Å². The molecule has 0 saturated heterocycles. The molecule has 2 amide bonds. The summed E-state index contributed by atoms with van der Waals surface area (Å²) in [5, 5.41) is 5.09. The highest BCUT2D eigenvalue weighted by Gasteiger charge is 2.44. The molecule has 1 N–H and O–H groups in total. The second kappa shape index (κ2) is 8.44. The van der Waals surface area contributed by atoms with Crippen molar-refractivity contribution in [1.29, 1.82) is 0 Å². The van der Waals surface area contributed by atoms with E-state index in [9.17, 15) is 9.59 Å². The molecule has 4 rings (SSSR count). The minimum absolute atomic E-state index is 0.00270. The highest BCUT2D eigenvalue weighted by molar-refractivity contribution is 7.10. The van der Waals surface area contributed by atoms with Gasteiger partial charge in [0.15, 0.2) is 0 Å². The number of amides is 2. The first-order valence-electron chi connectivity index (χ1n) is 10.3. The Bertz CT molecular complexity index is 1040. The number of hydrogen-bond acceptors (Lipinski definition) is 3. The monoisotopic (exact) mass is 418 g/mol. The molecule has 2 heterocycles. The van der Waals surface area contributed by atoms with Crippen molar-refractivity contribution in [3.63, 3.8) is 0 Å². The first-order chi connectivity index (χ1) is 14.5. The third kappa shape index (κ3) is 3.90. The van der Waals surface area contributed by atoms with Crippen molar-refractivity contribution in [3.05, 3.63) is 87.6 Å². The SMILES string of the molecule is Cc1ccc(NC(=O)[C@@H]2c3ccccc3C(=O)N(CC(C)C)[C@H]2c2cccs2)cc1. The van der Waals surface area contributed by atoms with E-state index in [1.807, 2.05) is 77.9 Å². The number of aryl methyl sites for hydroxylation is 1. The van der Waals surface area contributed by atoms with Gasteiger partial charge in [0.25, 0.3) is 5.91 Å². The van der Waals surface area contributed by atoms with E-state index in [0.717, 1.165) is 21.7 Å². The fourth-order valence-corrected chi connectivity index (χ4v) is 4.98. The van der Waals surface area contributed by atoms with Gasteiger partial charge in [-0.3, -0.25) is 9.59 Å². The molecule has 0 aliphatic carbocycles. The van der Waals surface area contributed by atoms with Crippen LogP contribution in [0.5, 0.6) is 0 Å². The van der Waals surface area contributed by atoms with Crippen LogP contribution < -0.4 is 5.32 Å². The maximum atomic E-state index is 13.6. The minimum Gasteiger partial charge on any atom is -0.329 e. The zero-order valence-electron chi connectivity index (χ0n) is 17.5. The van der Waals surface area contributed by atoms with Gasteiger partial charge < -0.3 is 10.2 Å². The van der Waals surface area contributed by atoms with Gasteiger partial charge in [0.05, 0.1) is 12.0 Å². The number of nitrogens with one attached hydrogen (secondary N) is 1. The Labute approximate surface area is 181 Å². The topological polar surface area (TPSA) is 49.4 Å². The second-order valence-corrected chi connectivity index (χ2v) is 9.21. The number of nitrogens with zero attached hydrogens (tertiary/aromatic N) is 1. The average Bonchev–Trinajstić information content (AvgIpc) is 3.25. The molecule has 0 radical (unpaired) electrons. The van der Waals surface area contributed by atoms with Crippen molar-refractivity contribution in [2.45, 2.75) is 32.7 Å². The Morgan fingerprint density at radius 2 is 1.80 bits per heavy atom. The maximum Gasteiger partial charge on any atom is 0.254 e. The molecule has 2 aromatic carbocycles. The van der Waals surface area contributed by atoms with Crippen LogP contribution in [0.4, 0.5) is 5.69 Å². The molecule has 1 aliphatic rings. The third-order valence-electron chi connectivity index (χ3n) is 5.44. The van der Waals surface area contributed by atoms with E-state index in [0.29, 0.717) is 18.0 Å². The number of benzene rings is 2. The van der Waals surface area contributed by atoms with Crippen LogP contribution in [0.1, 0.15) is 52.2 Å². The van der Waals surface area contributed by atoms with Crippen LogP contribution in [0.3, 0.4) is 0 Å². The molecule has 1 aromatic heterocycles. The van der Waals surface area contributed by atoms with Gasteiger partial charge in [-0.2, -0.15) is 0 Å². The summed E-state index contributed by atoms with van der Waals surface area (Å²) >= 11 is 1.59. The Morgan fingerprint density at radius 3 is 2.47 bits per heavy atom. The van der Waals surface area contributed by atoms with Crippen LogP contribution in [0, 0.1) is 12.8 Å². The van der Waals surface area contributed by atoms with Crippen LogP contribution in [-0.4, -0.2) is 23.3 Å². The van der Waals surface area contributed by atoms with Crippen LogP contribution in [0.15, 0.2) is 66.0 Å². The predicted octanol–water partition coefficient (Wildman–Crippen LogP) is 5.63. The van der Waals surface area contributed by atoms with Gasteiger partial charge in [0.1, 0.15) is 0 Å². The Morgan fingerprint density at radius 1 is 1.07 bits per heavy atom. The van der Waals surface area contributed by atoms with E-state index < -0.39 is 5.92 Å². The lowest BCUT2D eigenvalue weighted by Gasteiger charge is -2.42. The number of hydrogen-bond donors (Lipinski definition) is 1. The average molecular weight is 419 g/mol. The summed E-state index contributed by atoms with van der Waals surface area (Å²) in [5.74, 6) is -0.275. The number of carbonyl (C=O) groups is 2. The lowest BCUT2D eigenvalue weighted by Crippen LogP contribution is -2.47. The standard InChI is InChI=1S/C25H26N2O2S/c1-16(2)15-27-23(21-9-6-14-30-21)22(19-7-4-5-8-20(19)25(27)29)24(28)26-18-12-10-17(3)11-13-18/h4-14,16,22-23H,15H2,1-3H3,(H,26,28)/t22-,23+/m1/s1. The summed E-state index contributed by atoms with van der Waals surface area (Å²) in [7, 11) is 0. The molecular formula is C25H26N2O2S. The predicted molar refractivity (Wildman–Crippen MR) is 122 cm³/mol. The molecule has 3 aromatic rings. The summed E-state index contributed by atoms with van der Waals surface area (Å²) in [4.78, 5) is 30.0. The zero-order chi connectivity index (χ0) is 21.3. The molecule has 5 heteroatoms. The zero-order valence-corrected chi connectivity index (χ0v) is 18.3. The van der Waals surface area contributed by atoms with E-state index in [-0.39, 0.29) is 17.9 Å². The molecule has 30 heavy (non-hydrogen) atoms. The number of carbonyl (C=O) groups excluding carboxylic acids is 2. The van der Waals surface area contributed by atoms with Crippen LogP contribution in [0.2, 0.25) is 0 Å². The molecule has 0 bridgehead atoms. The van der Waals surface area contributed by atoms with Crippen molar-refractivity contribution < 1.29 is 9.59 Å². The number of rotatable bonds is 5. The lowest BCUT2D eigenvalue weighted by atomic mass is 9.81. The molecule has 0 unspecified atom stereocenters. The molecule has 0 fully saturated rings. The first kappa shape index (κ1) is 20.4. The summed E-state index contributed by atoms with van der Waals surface area (Å²) in [5.41, 5.74) is 3.32. The van der Waals surface area contributed by atoms with E-state index in [1.54, 1.807) is 11.3 Å².